The summed E-state index contributed by atoms with van der Waals surface area (Å²) in [5.74, 6) is 0.500. The molecule has 6 heteroatoms. The Bertz CT molecular complexity index is 597. The van der Waals surface area contributed by atoms with E-state index < -0.39 is 11.7 Å². The van der Waals surface area contributed by atoms with Gasteiger partial charge in [0, 0.05) is 16.4 Å². The zero-order chi connectivity index (χ0) is 14.0. The number of rotatable bonds is 2. The van der Waals surface area contributed by atoms with Gasteiger partial charge >= 0.3 is 6.18 Å². The second kappa shape index (κ2) is 5.21. The summed E-state index contributed by atoms with van der Waals surface area (Å²) in [4.78, 5) is 4.09. The Morgan fingerprint density at radius 2 is 1.95 bits per heavy atom. The van der Waals surface area contributed by atoms with E-state index in [1.54, 1.807) is 18.3 Å². The minimum atomic E-state index is -4.35. The normalized spacial score (nSPS) is 11.4. The molecule has 0 spiro atoms. The van der Waals surface area contributed by atoms with Crippen LogP contribution in [0.1, 0.15) is 11.1 Å². The van der Waals surface area contributed by atoms with Crippen molar-refractivity contribution >= 4 is 27.4 Å². The van der Waals surface area contributed by atoms with Gasteiger partial charge in [-0.15, -0.1) is 0 Å². The number of alkyl halides is 3. The lowest BCUT2D eigenvalue weighted by molar-refractivity contribution is -0.137. The average Bonchev–Trinajstić information content (AvgIpc) is 2.33. The van der Waals surface area contributed by atoms with E-state index in [1.807, 2.05) is 6.92 Å². The molecule has 0 aliphatic heterocycles. The molecule has 0 fully saturated rings. The highest BCUT2D eigenvalue weighted by Crippen LogP contribution is 2.31. The van der Waals surface area contributed by atoms with Gasteiger partial charge in [-0.1, -0.05) is 6.07 Å². The molecule has 19 heavy (non-hydrogen) atoms. The summed E-state index contributed by atoms with van der Waals surface area (Å²) in [5, 5.41) is 2.85. The van der Waals surface area contributed by atoms with Crippen LogP contribution >= 0.6 is 15.9 Å². The lowest BCUT2D eigenvalue weighted by Crippen LogP contribution is -2.05. The van der Waals surface area contributed by atoms with Crippen LogP contribution in [0.15, 0.2) is 41.0 Å². The summed E-state index contributed by atoms with van der Waals surface area (Å²) in [5.41, 5.74) is 0.611. The van der Waals surface area contributed by atoms with Crippen molar-refractivity contribution in [3.63, 3.8) is 0 Å². The Kier molecular flexibility index (Phi) is 3.80. The quantitative estimate of drug-likeness (QED) is 0.845. The number of halogens is 4. The highest BCUT2D eigenvalue weighted by Gasteiger charge is 2.30. The lowest BCUT2D eigenvalue weighted by atomic mass is 10.2. The van der Waals surface area contributed by atoms with Gasteiger partial charge in [-0.3, -0.25) is 0 Å². The van der Waals surface area contributed by atoms with E-state index >= 15 is 0 Å². The minimum absolute atomic E-state index is 0.351. The molecular weight excluding hydrogens is 321 g/mol. The molecule has 2 aromatic rings. The predicted molar refractivity (Wildman–Crippen MR) is 71.4 cm³/mol. The van der Waals surface area contributed by atoms with Gasteiger partial charge < -0.3 is 5.32 Å². The first-order valence-corrected chi connectivity index (χ1v) is 6.22. The number of nitrogens with zero attached hydrogens (tertiary/aromatic N) is 1. The Hall–Kier alpha value is -1.56. The molecule has 0 radical (unpaired) electrons. The molecule has 2 nitrogen and oxygen atoms in total. The molecule has 1 heterocycles. The molecule has 0 amide bonds. The van der Waals surface area contributed by atoms with Gasteiger partial charge in [-0.25, -0.2) is 4.98 Å². The summed E-state index contributed by atoms with van der Waals surface area (Å²) in [6.07, 6.45) is -2.74. The second-order valence-electron chi connectivity index (χ2n) is 4.02. The molecule has 0 saturated heterocycles. The Labute approximate surface area is 116 Å². The van der Waals surface area contributed by atoms with Crippen molar-refractivity contribution < 1.29 is 13.2 Å². The molecule has 100 valence electrons. The number of benzene rings is 1. The summed E-state index contributed by atoms with van der Waals surface area (Å²) in [7, 11) is 0. The SMILES string of the molecule is Cc1cc(Nc2cccc(C(F)(F)F)c2)ncc1Br. The molecule has 1 aromatic carbocycles. The number of anilines is 2. The first-order chi connectivity index (χ1) is 8.86. The molecule has 2 rings (SSSR count). The van der Waals surface area contributed by atoms with E-state index in [2.05, 4.69) is 26.2 Å². The van der Waals surface area contributed by atoms with Gasteiger partial charge in [0.2, 0.25) is 0 Å². The minimum Gasteiger partial charge on any atom is -0.340 e. The van der Waals surface area contributed by atoms with Crippen LogP contribution in [-0.4, -0.2) is 4.98 Å². The zero-order valence-electron chi connectivity index (χ0n) is 9.92. The van der Waals surface area contributed by atoms with Crippen LogP contribution in [0.2, 0.25) is 0 Å². The van der Waals surface area contributed by atoms with Crippen LogP contribution in [0.5, 0.6) is 0 Å². The van der Waals surface area contributed by atoms with E-state index in [0.29, 0.717) is 11.5 Å². The van der Waals surface area contributed by atoms with E-state index in [9.17, 15) is 13.2 Å². The number of nitrogens with one attached hydrogen (secondary N) is 1. The first kappa shape index (κ1) is 13.9. The highest BCUT2D eigenvalue weighted by molar-refractivity contribution is 9.10. The number of pyridine rings is 1. The Morgan fingerprint density at radius 1 is 1.21 bits per heavy atom. The molecule has 0 bridgehead atoms. The molecule has 0 saturated carbocycles. The van der Waals surface area contributed by atoms with Gasteiger partial charge in [0.1, 0.15) is 5.82 Å². The number of aromatic nitrogens is 1. The Morgan fingerprint density at radius 3 is 2.58 bits per heavy atom. The van der Waals surface area contributed by atoms with Crippen molar-refractivity contribution in [3.05, 3.63) is 52.1 Å². The third-order valence-corrected chi connectivity index (χ3v) is 3.34. The fourth-order valence-electron chi connectivity index (χ4n) is 1.53. The second-order valence-corrected chi connectivity index (χ2v) is 4.88. The standard InChI is InChI=1S/C13H10BrF3N2/c1-8-5-12(18-7-11(8)14)19-10-4-2-3-9(6-10)13(15,16)17/h2-7H,1H3,(H,18,19). The van der Waals surface area contributed by atoms with Crippen LogP contribution in [0.25, 0.3) is 0 Å². The molecule has 0 aliphatic rings. The molecule has 0 atom stereocenters. The van der Waals surface area contributed by atoms with Crippen LogP contribution in [0.3, 0.4) is 0 Å². The number of aryl methyl sites for hydroxylation is 1. The van der Waals surface area contributed by atoms with Gasteiger partial charge in [0.25, 0.3) is 0 Å². The van der Waals surface area contributed by atoms with Gasteiger partial charge in [-0.2, -0.15) is 13.2 Å². The van der Waals surface area contributed by atoms with Crippen molar-refractivity contribution in [2.75, 3.05) is 5.32 Å². The van der Waals surface area contributed by atoms with Gasteiger partial charge in [-0.05, 0) is 52.7 Å². The predicted octanol–water partition coefficient (Wildman–Crippen LogP) is 4.91. The number of hydrogen-bond acceptors (Lipinski definition) is 2. The largest absolute Gasteiger partial charge is 0.416 e. The monoisotopic (exact) mass is 330 g/mol. The van der Waals surface area contributed by atoms with E-state index in [0.717, 1.165) is 22.2 Å². The summed E-state index contributed by atoms with van der Waals surface area (Å²) in [6.45, 7) is 1.88. The van der Waals surface area contributed by atoms with Crippen LogP contribution < -0.4 is 5.32 Å². The van der Waals surface area contributed by atoms with Crippen molar-refractivity contribution in [3.8, 4) is 0 Å². The maximum atomic E-state index is 12.6. The van der Waals surface area contributed by atoms with Crippen molar-refractivity contribution in [2.24, 2.45) is 0 Å². The third-order valence-electron chi connectivity index (χ3n) is 2.51. The van der Waals surface area contributed by atoms with Gasteiger partial charge in [0.05, 0.1) is 5.56 Å². The topological polar surface area (TPSA) is 24.9 Å². The lowest BCUT2D eigenvalue weighted by Gasteiger charge is -2.10. The summed E-state index contributed by atoms with van der Waals surface area (Å²) < 4.78 is 38.6. The van der Waals surface area contributed by atoms with E-state index in [-0.39, 0.29) is 0 Å². The zero-order valence-corrected chi connectivity index (χ0v) is 11.5. The van der Waals surface area contributed by atoms with Crippen LogP contribution in [-0.2, 0) is 6.18 Å². The van der Waals surface area contributed by atoms with Crippen molar-refractivity contribution in [1.29, 1.82) is 0 Å². The summed E-state index contributed by atoms with van der Waals surface area (Å²) >= 11 is 3.31. The van der Waals surface area contributed by atoms with E-state index in [1.165, 1.54) is 6.07 Å². The number of hydrogen-bond donors (Lipinski definition) is 1. The van der Waals surface area contributed by atoms with Crippen molar-refractivity contribution in [1.82, 2.24) is 4.98 Å². The molecule has 1 aromatic heterocycles. The summed E-state index contributed by atoms with van der Waals surface area (Å²) in [6, 6.07) is 6.76. The molecule has 0 aliphatic carbocycles. The van der Waals surface area contributed by atoms with E-state index in [4.69, 9.17) is 0 Å². The first-order valence-electron chi connectivity index (χ1n) is 5.43. The molecule has 0 unspecified atom stereocenters. The molecular formula is C13H10BrF3N2. The highest BCUT2D eigenvalue weighted by atomic mass is 79.9. The van der Waals surface area contributed by atoms with Crippen LogP contribution in [0, 0.1) is 6.92 Å². The maximum Gasteiger partial charge on any atom is 0.416 e. The molecule has 1 N–H and O–H groups in total. The average molecular weight is 331 g/mol. The smallest absolute Gasteiger partial charge is 0.340 e. The third kappa shape index (κ3) is 3.47. The fraction of sp³-hybridized carbons (Fsp3) is 0.154. The Balaban J connectivity index is 2.26. The van der Waals surface area contributed by atoms with Crippen LogP contribution in [0.4, 0.5) is 24.7 Å². The maximum absolute atomic E-state index is 12.6. The van der Waals surface area contributed by atoms with Crippen molar-refractivity contribution in [2.45, 2.75) is 13.1 Å². The van der Waals surface area contributed by atoms with Gasteiger partial charge in [0.15, 0.2) is 0 Å². The fourth-order valence-corrected chi connectivity index (χ4v) is 1.75.